The minimum Gasteiger partial charge on any atom is -0.422 e. The first kappa shape index (κ1) is 13.8. The first-order chi connectivity index (χ1) is 10.1. The van der Waals surface area contributed by atoms with Crippen molar-refractivity contribution in [1.29, 1.82) is 0 Å². The van der Waals surface area contributed by atoms with Crippen molar-refractivity contribution >= 4 is 33.4 Å². The molecule has 0 unspecified atom stereocenters. The second-order valence-electron chi connectivity index (χ2n) is 4.73. The van der Waals surface area contributed by atoms with E-state index in [2.05, 4.69) is 15.9 Å². The fraction of sp³-hybridized carbons (Fsp3) is 0.0588. The Balaban J connectivity index is 2.05. The van der Waals surface area contributed by atoms with E-state index >= 15 is 0 Å². The number of hydrogen-bond acceptors (Lipinski definition) is 3. The fourth-order valence-corrected chi connectivity index (χ4v) is 2.53. The molecule has 0 saturated carbocycles. The van der Waals surface area contributed by atoms with Gasteiger partial charge in [-0.05, 0) is 37.3 Å². The van der Waals surface area contributed by atoms with Gasteiger partial charge < -0.3 is 4.74 Å². The monoisotopic (exact) mass is 342 g/mol. The molecule has 0 bridgehead atoms. The number of cyclic esters (lactones) is 1. The summed E-state index contributed by atoms with van der Waals surface area (Å²) in [5, 5.41) is 0. The van der Waals surface area contributed by atoms with Gasteiger partial charge >= 0.3 is 5.97 Å². The fourth-order valence-electron chi connectivity index (χ4n) is 2.26. The molecule has 0 aliphatic carbocycles. The van der Waals surface area contributed by atoms with Gasteiger partial charge in [0.05, 0.1) is 5.56 Å². The quantitative estimate of drug-likeness (QED) is 0.466. The molecule has 1 aliphatic rings. The molecule has 0 aromatic heterocycles. The van der Waals surface area contributed by atoms with Crippen LogP contribution in [0.4, 0.5) is 0 Å². The number of carbonyl (C=O) groups is 2. The van der Waals surface area contributed by atoms with E-state index in [4.69, 9.17) is 4.74 Å². The first-order valence-electron chi connectivity index (χ1n) is 6.40. The number of carbonyl (C=O) groups excluding carboxylic acids is 2. The lowest BCUT2D eigenvalue weighted by atomic mass is 10.00. The predicted octanol–water partition coefficient (Wildman–Crippen LogP) is 4.23. The highest BCUT2D eigenvalue weighted by atomic mass is 79.9. The van der Waals surface area contributed by atoms with E-state index in [1.165, 1.54) is 0 Å². The summed E-state index contributed by atoms with van der Waals surface area (Å²) in [5.74, 6) is -0.214. The molecule has 3 rings (SSSR count). The van der Waals surface area contributed by atoms with Crippen LogP contribution in [0.2, 0.25) is 0 Å². The molecular formula is C17H11BrO3. The lowest BCUT2D eigenvalue weighted by molar-refractivity contribution is 0.0714. The van der Waals surface area contributed by atoms with Gasteiger partial charge in [0.25, 0.3) is 0 Å². The van der Waals surface area contributed by atoms with E-state index in [0.29, 0.717) is 28.0 Å². The van der Waals surface area contributed by atoms with Crippen LogP contribution in [0.1, 0.15) is 33.2 Å². The van der Waals surface area contributed by atoms with Crippen LogP contribution in [0, 0.1) is 0 Å². The smallest absolute Gasteiger partial charge is 0.344 e. The number of ether oxygens (including phenoxy) is 1. The average Bonchev–Trinajstić information content (AvgIpc) is 2.84. The van der Waals surface area contributed by atoms with Crippen molar-refractivity contribution in [2.75, 3.05) is 0 Å². The maximum Gasteiger partial charge on any atom is 0.344 e. The number of benzene rings is 2. The van der Waals surface area contributed by atoms with E-state index in [-0.39, 0.29) is 5.78 Å². The van der Waals surface area contributed by atoms with Crippen LogP contribution in [0.15, 0.2) is 58.6 Å². The molecule has 4 heteroatoms. The Bertz CT molecular complexity index is 773. The Morgan fingerprint density at radius 1 is 1.00 bits per heavy atom. The number of hydrogen-bond donors (Lipinski definition) is 0. The number of esters is 1. The molecule has 0 fully saturated rings. The summed E-state index contributed by atoms with van der Waals surface area (Å²) >= 11 is 3.33. The molecule has 0 spiro atoms. The van der Waals surface area contributed by atoms with Crippen LogP contribution in [0.25, 0.3) is 5.76 Å². The SMILES string of the molecule is C/C(C(=O)c1ccc(Br)cc1)=C1/OC(=O)c2ccccc21. The maximum atomic E-state index is 12.5. The third kappa shape index (κ3) is 2.43. The number of ketones is 1. The van der Waals surface area contributed by atoms with Crippen LogP contribution in [0.5, 0.6) is 0 Å². The standard InChI is InChI=1S/C17H11BrO3/c1-10(15(19)11-6-8-12(18)9-7-11)16-13-4-2-3-5-14(13)17(20)21-16/h2-9H,1H3/b16-10-. The van der Waals surface area contributed by atoms with Gasteiger partial charge in [0.15, 0.2) is 5.78 Å². The topological polar surface area (TPSA) is 43.4 Å². The van der Waals surface area contributed by atoms with Crippen LogP contribution in [-0.4, -0.2) is 11.8 Å². The molecule has 0 amide bonds. The molecule has 3 nitrogen and oxygen atoms in total. The van der Waals surface area contributed by atoms with Gasteiger partial charge in [-0.15, -0.1) is 0 Å². The highest BCUT2D eigenvalue weighted by Crippen LogP contribution is 2.32. The van der Waals surface area contributed by atoms with Crippen LogP contribution in [0.3, 0.4) is 0 Å². The Hall–Kier alpha value is -2.20. The summed E-state index contributed by atoms with van der Waals surface area (Å²) in [4.78, 5) is 24.3. The molecule has 0 radical (unpaired) electrons. The largest absolute Gasteiger partial charge is 0.422 e. The molecule has 1 heterocycles. The van der Waals surface area contributed by atoms with Crippen molar-refractivity contribution in [3.8, 4) is 0 Å². The van der Waals surface area contributed by atoms with Crippen LogP contribution < -0.4 is 0 Å². The molecular weight excluding hydrogens is 332 g/mol. The molecule has 2 aromatic carbocycles. The number of rotatable bonds is 2. The summed E-state index contributed by atoms with van der Waals surface area (Å²) < 4.78 is 6.18. The Morgan fingerprint density at radius 2 is 1.62 bits per heavy atom. The summed E-state index contributed by atoms with van der Waals surface area (Å²) in [7, 11) is 0. The Labute approximate surface area is 130 Å². The summed E-state index contributed by atoms with van der Waals surface area (Å²) in [6.07, 6.45) is 0. The zero-order chi connectivity index (χ0) is 15.0. The van der Waals surface area contributed by atoms with Crippen molar-refractivity contribution in [3.05, 3.63) is 75.3 Å². The molecule has 0 atom stereocenters. The summed E-state index contributed by atoms with van der Waals surface area (Å²) in [6.45, 7) is 1.68. The maximum absolute atomic E-state index is 12.5. The Morgan fingerprint density at radius 3 is 2.29 bits per heavy atom. The zero-order valence-corrected chi connectivity index (χ0v) is 12.8. The number of Topliss-reactive ketones (excluding diaryl/α,β-unsaturated/α-hetero) is 1. The Kier molecular flexibility index (Phi) is 3.47. The van der Waals surface area contributed by atoms with Crippen molar-refractivity contribution in [2.24, 2.45) is 0 Å². The van der Waals surface area contributed by atoms with E-state index < -0.39 is 5.97 Å². The molecule has 0 saturated heterocycles. The van der Waals surface area contributed by atoms with Gasteiger partial charge in [0.2, 0.25) is 0 Å². The summed E-state index contributed by atoms with van der Waals surface area (Å²) in [6, 6.07) is 14.2. The minimum absolute atomic E-state index is 0.151. The van der Waals surface area contributed by atoms with Gasteiger partial charge in [0, 0.05) is 21.2 Å². The highest BCUT2D eigenvalue weighted by molar-refractivity contribution is 9.10. The van der Waals surface area contributed by atoms with Crippen molar-refractivity contribution in [2.45, 2.75) is 6.92 Å². The first-order valence-corrected chi connectivity index (χ1v) is 7.20. The number of halogens is 1. The van der Waals surface area contributed by atoms with E-state index in [0.717, 1.165) is 4.47 Å². The van der Waals surface area contributed by atoms with Gasteiger partial charge in [-0.25, -0.2) is 4.79 Å². The second-order valence-corrected chi connectivity index (χ2v) is 5.64. The van der Waals surface area contributed by atoms with Crippen LogP contribution in [-0.2, 0) is 4.74 Å². The van der Waals surface area contributed by atoms with Gasteiger partial charge in [-0.2, -0.15) is 0 Å². The summed E-state index contributed by atoms with van der Waals surface area (Å²) in [5.41, 5.74) is 2.15. The second kappa shape index (κ2) is 5.30. The van der Waals surface area contributed by atoms with Crippen LogP contribution >= 0.6 is 15.9 Å². The average molecular weight is 343 g/mol. The molecule has 1 aliphatic heterocycles. The molecule has 104 valence electrons. The van der Waals surface area contributed by atoms with Crippen molar-refractivity contribution < 1.29 is 14.3 Å². The molecule has 2 aromatic rings. The third-order valence-corrected chi connectivity index (χ3v) is 3.90. The number of allylic oxidation sites excluding steroid dienone is 1. The van der Waals surface area contributed by atoms with E-state index in [1.54, 1.807) is 49.4 Å². The highest BCUT2D eigenvalue weighted by Gasteiger charge is 2.29. The van der Waals surface area contributed by atoms with E-state index in [1.807, 2.05) is 6.07 Å². The normalized spacial score (nSPS) is 15.4. The zero-order valence-electron chi connectivity index (χ0n) is 11.2. The molecule has 21 heavy (non-hydrogen) atoms. The minimum atomic E-state index is -0.413. The van der Waals surface area contributed by atoms with Crippen molar-refractivity contribution in [1.82, 2.24) is 0 Å². The predicted molar refractivity (Wildman–Crippen MR) is 82.9 cm³/mol. The molecule has 0 N–H and O–H groups in total. The lowest BCUT2D eigenvalue weighted by Gasteiger charge is -2.06. The third-order valence-electron chi connectivity index (χ3n) is 3.37. The van der Waals surface area contributed by atoms with E-state index in [9.17, 15) is 9.59 Å². The number of fused-ring (bicyclic) bond motifs is 1. The van der Waals surface area contributed by atoms with Gasteiger partial charge in [0.1, 0.15) is 5.76 Å². The van der Waals surface area contributed by atoms with Gasteiger partial charge in [-0.3, -0.25) is 4.79 Å². The van der Waals surface area contributed by atoms with Crippen molar-refractivity contribution in [3.63, 3.8) is 0 Å². The van der Waals surface area contributed by atoms with Gasteiger partial charge in [-0.1, -0.05) is 34.1 Å². The lowest BCUT2D eigenvalue weighted by Crippen LogP contribution is -2.04.